The number of nitrogens with one attached hydrogen (secondary N) is 2. The number of anilines is 1. The van der Waals surface area contributed by atoms with Gasteiger partial charge in [0, 0.05) is 29.9 Å². The first kappa shape index (κ1) is 18.3. The predicted octanol–water partition coefficient (Wildman–Crippen LogP) is 3.81. The highest BCUT2D eigenvalue weighted by Crippen LogP contribution is 2.21. The quantitative estimate of drug-likeness (QED) is 0.550. The molecule has 2 aromatic carbocycles. The summed E-state index contributed by atoms with van der Waals surface area (Å²) in [6, 6.07) is 22.0. The molecule has 0 aliphatic heterocycles. The second-order valence-corrected chi connectivity index (χ2v) is 6.43. The molecule has 0 spiro atoms. The molecular formula is C23H18N4O2. The van der Waals surface area contributed by atoms with E-state index in [1.165, 1.54) is 12.3 Å². The Morgan fingerprint density at radius 3 is 2.48 bits per heavy atom. The van der Waals surface area contributed by atoms with Crippen LogP contribution in [0.5, 0.6) is 0 Å². The van der Waals surface area contributed by atoms with Crippen molar-refractivity contribution in [1.82, 2.24) is 15.3 Å². The minimum Gasteiger partial charge on any atom is -0.348 e. The molecule has 2 amide bonds. The van der Waals surface area contributed by atoms with E-state index in [1.54, 1.807) is 18.3 Å². The lowest BCUT2D eigenvalue weighted by Crippen LogP contribution is -2.23. The highest BCUT2D eigenvalue weighted by atomic mass is 16.2. The van der Waals surface area contributed by atoms with E-state index in [9.17, 15) is 9.59 Å². The molecule has 0 bridgehead atoms. The Labute approximate surface area is 167 Å². The van der Waals surface area contributed by atoms with Crippen LogP contribution in [-0.4, -0.2) is 21.8 Å². The second kappa shape index (κ2) is 8.31. The molecule has 0 fully saturated rings. The highest BCUT2D eigenvalue weighted by molar-refractivity contribution is 6.08. The van der Waals surface area contributed by atoms with Crippen molar-refractivity contribution in [3.63, 3.8) is 0 Å². The van der Waals surface area contributed by atoms with Gasteiger partial charge in [0.05, 0.1) is 11.2 Å². The Morgan fingerprint density at radius 2 is 1.62 bits per heavy atom. The molecule has 0 aliphatic carbocycles. The van der Waals surface area contributed by atoms with Crippen LogP contribution in [0.15, 0.2) is 85.2 Å². The number of benzene rings is 2. The summed E-state index contributed by atoms with van der Waals surface area (Å²) in [4.78, 5) is 33.6. The molecule has 4 rings (SSSR count). The van der Waals surface area contributed by atoms with E-state index in [0.29, 0.717) is 23.3 Å². The van der Waals surface area contributed by atoms with Crippen LogP contribution in [0.4, 0.5) is 5.69 Å². The summed E-state index contributed by atoms with van der Waals surface area (Å²) in [5, 5.41) is 6.60. The smallest absolute Gasteiger partial charge is 0.274 e. The van der Waals surface area contributed by atoms with Crippen molar-refractivity contribution < 1.29 is 9.59 Å². The topological polar surface area (TPSA) is 84.0 Å². The molecule has 0 atom stereocenters. The van der Waals surface area contributed by atoms with Gasteiger partial charge in [0.2, 0.25) is 0 Å². The molecule has 142 valence electrons. The number of aromatic nitrogens is 2. The maximum atomic E-state index is 12.7. The molecule has 6 nitrogen and oxygen atoms in total. The summed E-state index contributed by atoms with van der Waals surface area (Å²) in [6.07, 6.45) is 3.13. The fourth-order valence-corrected chi connectivity index (χ4v) is 2.97. The number of pyridine rings is 2. The summed E-state index contributed by atoms with van der Waals surface area (Å²) in [5.41, 5.74) is 2.81. The van der Waals surface area contributed by atoms with Gasteiger partial charge in [-0.1, -0.05) is 48.5 Å². The second-order valence-electron chi connectivity index (χ2n) is 6.43. The molecule has 2 N–H and O–H groups in total. The largest absolute Gasteiger partial charge is 0.348 e. The SMILES string of the molecule is O=C(NCc1ccccc1)c1ccnc(C(=O)Nc2cccc3cccnc23)c1. The summed E-state index contributed by atoms with van der Waals surface area (Å²) in [5.74, 6) is -0.669. The molecule has 29 heavy (non-hydrogen) atoms. The predicted molar refractivity (Wildman–Crippen MR) is 112 cm³/mol. The first-order chi connectivity index (χ1) is 14.2. The van der Waals surface area contributed by atoms with Crippen molar-refractivity contribution >= 4 is 28.4 Å². The van der Waals surface area contributed by atoms with Gasteiger partial charge >= 0.3 is 0 Å². The average Bonchev–Trinajstić information content (AvgIpc) is 2.78. The van der Waals surface area contributed by atoms with Gasteiger partial charge in [-0.05, 0) is 29.8 Å². The number of carbonyl (C=O) groups is 2. The number of fused-ring (bicyclic) bond motifs is 1. The van der Waals surface area contributed by atoms with Crippen LogP contribution in [0.1, 0.15) is 26.4 Å². The Bertz CT molecular complexity index is 1170. The lowest BCUT2D eigenvalue weighted by Gasteiger charge is -2.09. The monoisotopic (exact) mass is 382 g/mol. The number of amides is 2. The Balaban J connectivity index is 1.49. The van der Waals surface area contributed by atoms with E-state index in [0.717, 1.165) is 10.9 Å². The fourth-order valence-electron chi connectivity index (χ4n) is 2.97. The number of hydrogen-bond acceptors (Lipinski definition) is 4. The van der Waals surface area contributed by atoms with Crippen molar-refractivity contribution in [3.8, 4) is 0 Å². The first-order valence-electron chi connectivity index (χ1n) is 9.14. The lowest BCUT2D eigenvalue weighted by molar-refractivity contribution is 0.0951. The molecule has 0 saturated carbocycles. The van der Waals surface area contributed by atoms with E-state index in [4.69, 9.17) is 0 Å². The van der Waals surface area contributed by atoms with E-state index < -0.39 is 5.91 Å². The minimum atomic E-state index is -0.402. The van der Waals surface area contributed by atoms with Gasteiger partial charge in [-0.2, -0.15) is 0 Å². The molecule has 0 aliphatic rings. The van der Waals surface area contributed by atoms with Crippen LogP contribution in [-0.2, 0) is 6.54 Å². The van der Waals surface area contributed by atoms with Crippen molar-refractivity contribution in [2.75, 3.05) is 5.32 Å². The van der Waals surface area contributed by atoms with Gasteiger partial charge in [0.25, 0.3) is 11.8 Å². The van der Waals surface area contributed by atoms with E-state index in [2.05, 4.69) is 20.6 Å². The van der Waals surface area contributed by atoms with Gasteiger partial charge in [-0.15, -0.1) is 0 Å². The van der Waals surface area contributed by atoms with Gasteiger partial charge in [0.15, 0.2) is 0 Å². The van der Waals surface area contributed by atoms with E-state index in [-0.39, 0.29) is 11.6 Å². The van der Waals surface area contributed by atoms with Crippen molar-refractivity contribution in [2.45, 2.75) is 6.54 Å². The standard InChI is InChI=1S/C23H18N4O2/c28-22(26-15-16-6-2-1-3-7-16)18-11-13-24-20(14-18)23(29)27-19-10-4-8-17-9-5-12-25-21(17)19/h1-14H,15H2,(H,26,28)(H,27,29). The zero-order valence-corrected chi connectivity index (χ0v) is 15.5. The van der Waals surface area contributed by atoms with Crippen molar-refractivity contribution in [1.29, 1.82) is 0 Å². The number of para-hydroxylation sites is 1. The molecule has 2 aromatic heterocycles. The summed E-state index contributed by atoms with van der Waals surface area (Å²) >= 11 is 0. The third kappa shape index (κ3) is 4.27. The average molecular weight is 382 g/mol. The zero-order chi connectivity index (χ0) is 20.1. The maximum absolute atomic E-state index is 12.7. The third-order valence-electron chi connectivity index (χ3n) is 4.43. The summed E-state index contributed by atoms with van der Waals surface area (Å²) in [7, 11) is 0. The van der Waals surface area contributed by atoms with Gasteiger partial charge < -0.3 is 10.6 Å². The van der Waals surface area contributed by atoms with Crippen LogP contribution >= 0.6 is 0 Å². The number of carbonyl (C=O) groups excluding carboxylic acids is 2. The molecule has 0 saturated heterocycles. The van der Waals surface area contributed by atoms with Crippen LogP contribution in [0.25, 0.3) is 10.9 Å². The van der Waals surface area contributed by atoms with Crippen LogP contribution in [0, 0.1) is 0 Å². The van der Waals surface area contributed by atoms with Crippen molar-refractivity contribution in [3.05, 3.63) is 102 Å². The lowest BCUT2D eigenvalue weighted by atomic mass is 10.1. The molecular weight excluding hydrogens is 364 g/mol. The minimum absolute atomic E-state index is 0.158. The number of nitrogens with zero attached hydrogens (tertiary/aromatic N) is 2. The van der Waals surface area contributed by atoms with Gasteiger partial charge in [0.1, 0.15) is 5.69 Å². The van der Waals surface area contributed by atoms with Crippen molar-refractivity contribution in [2.24, 2.45) is 0 Å². The number of hydrogen-bond donors (Lipinski definition) is 2. The molecule has 6 heteroatoms. The molecule has 0 unspecified atom stereocenters. The van der Waals surface area contributed by atoms with E-state index >= 15 is 0 Å². The normalized spacial score (nSPS) is 10.5. The Hall–Kier alpha value is -4.06. The molecule has 2 heterocycles. The molecule has 4 aromatic rings. The summed E-state index contributed by atoms with van der Waals surface area (Å²) < 4.78 is 0. The van der Waals surface area contributed by atoms with E-state index in [1.807, 2.05) is 54.6 Å². The zero-order valence-electron chi connectivity index (χ0n) is 15.5. The van der Waals surface area contributed by atoms with Crippen LogP contribution < -0.4 is 10.6 Å². The van der Waals surface area contributed by atoms with Gasteiger partial charge in [-0.25, -0.2) is 0 Å². The maximum Gasteiger partial charge on any atom is 0.274 e. The Morgan fingerprint density at radius 1 is 0.793 bits per heavy atom. The first-order valence-corrected chi connectivity index (χ1v) is 9.14. The van der Waals surface area contributed by atoms with Crippen LogP contribution in [0.3, 0.4) is 0 Å². The van der Waals surface area contributed by atoms with Crippen LogP contribution in [0.2, 0.25) is 0 Å². The summed E-state index contributed by atoms with van der Waals surface area (Å²) in [6.45, 7) is 0.408. The van der Waals surface area contributed by atoms with Gasteiger partial charge in [-0.3, -0.25) is 19.6 Å². The fraction of sp³-hybridized carbons (Fsp3) is 0.0435. The Kier molecular flexibility index (Phi) is 5.25. The molecule has 0 radical (unpaired) electrons. The third-order valence-corrected chi connectivity index (χ3v) is 4.43. The highest BCUT2D eigenvalue weighted by Gasteiger charge is 2.13. The number of rotatable bonds is 5.